The Morgan fingerprint density at radius 2 is 2.07 bits per heavy atom. The molecule has 150 valence electrons. The van der Waals surface area contributed by atoms with Crippen LogP contribution in [0.15, 0.2) is 36.4 Å². The van der Waals surface area contributed by atoms with E-state index in [1.807, 2.05) is 30.0 Å². The minimum absolute atomic E-state index is 0.0507. The maximum absolute atomic E-state index is 12.7. The highest BCUT2D eigenvalue weighted by atomic mass is 32.1. The summed E-state index contributed by atoms with van der Waals surface area (Å²) < 4.78 is 6.38. The molecule has 0 unspecified atom stereocenters. The second kappa shape index (κ2) is 8.04. The molecule has 3 aromatic rings. The van der Waals surface area contributed by atoms with Crippen LogP contribution in [0.4, 0.5) is 16.5 Å². The number of rotatable bonds is 6. The van der Waals surface area contributed by atoms with Gasteiger partial charge >= 0.3 is 0 Å². The number of nitrogens with one attached hydrogen (secondary N) is 1. The zero-order chi connectivity index (χ0) is 20.4. The normalized spacial score (nSPS) is 13.6. The zero-order valence-corrected chi connectivity index (χ0v) is 16.7. The molecule has 0 saturated carbocycles. The number of nitrogens with zero attached hydrogens (tertiary/aromatic N) is 3. The molecule has 0 aliphatic carbocycles. The molecular weight excluding hydrogens is 392 g/mol. The lowest BCUT2D eigenvalue weighted by Crippen LogP contribution is -2.19. The van der Waals surface area contributed by atoms with Crippen molar-refractivity contribution in [1.82, 2.24) is 4.98 Å². The Balaban J connectivity index is 1.57. The fourth-order valence-corrected chi connectivity index (χ4v) is 4.31. The lowest BCUT2D eigenvalue weighted by atomic mass is 10.1. The molecule has 0 atom stereocenters. The number of hydrogen-bond acceptors (Lipinski definition) is 7. The Bertz CT molecular complexity index is 1080. The monoisotopic (exact) mass is 412 g/mol. The van der Waals surface area contributed by atoms with Crippen molar-refractivity contribution in [3.05, 3.63) is 52.1 Å². The molecule has 29 heavy (non-hydrogen) atoms. The van der Waals surface area contributed by atoms with Crippen LogP contribution in [-0.2, 0) is 0 Å². The molecule has 8 nitrogen and oxygen atoms in total. The lowest BCUT2D eigenvalue weighted by molar-refractivity contribution is -0.384. The molecule has 9 heteroatoms. The predicted molar refractivity (Wildman–Crippen MR) is 113 cm³/mol. The second-order valence-corrected chi connectivity index (χ2v) is 7.72. The van der Waals surface area contributed by atoms with E-state index in [-0.39, 0.29) is 11.3 Å². The van der Waals surface area contributed by atoms with Gasteiger partial charge in [-0.1, -0.05) is 11.3 Å². The van der Waals surface area contributed by atoms with Gasteiger partial charge in [-0.15, -0.1) is 0 Å². The molecular formula is C20H20N4O4S. The fourth-order valence-electron chi connectivity index (χ4n) is 3.42. The third-order valence-electron chi connectivity index (χ3n) is 4.77. The summed E-state index contributed by atoms with van der Waals surface area (Å²) in [6, 6.07) is 10.2. The highest BCUT2D eigenvalue weighted by molar-refractivity contribution is 7.22. The van der Waals surface area contributed by atoms with Crippen LogP contribution in [0.1, 0.15) is 30.1 Å². The van der Waals surface area contributed by atoms with E-state index in [1.54, 1.807) is 12.1 Å². The third-order valence-corrected chi connectivity index (χ3v) is 5.71. The minimum atomic E-state index is -0.433. The maximum atomic E-state index is 12.7. The summed E-state index contributed by atoms with van der Waals surface area (Å²) in [6.07, 6.45) is 2.03. The van der Waals surface area contributed by atoms with Crippen molar-refractivity contribution in [2.75, 3.05) is 29.9 Å². The summed E-state index contributed by atoms with van der Waals surface area (Å²) in [7, 11) is 0. The summed E-state index contributed by atoms with van der Waals surface area (Å²) >= 11 is 1.33. The van der Waals surface area contributed by atoms with Gasteiger partial charge in [-0.3, -0.25) is 20.2 Å². The summed E-state index contributed by atoms with van der Waals surface area (Å²) in [5, 5.41) is 14.7. The molecule has 2 aromatic carbocycles. The number of nitro benzene ring substituents is 1. The molecule has 1 aliphatic rings. The largest absolute Gasteiger partial charge is 0.494 e. The van der Waals surface area contributed by atoms with Gasteiger partial charge in [0.25, 0.3) is 11.6 Å². The molecule has 0 spiro atoms. The van der Waals surface area contributed by atoms with Crippen molar-refractivity contribution in [1.29, 1.82) is 0 Å². The number of amides is 1. The van der Waals surface area contributed by atoms with Crippen LogP contribution < -0.4 is 15.0 Å². The number of carbonyl (C=O) groups is 1. The first-order valence-electron chi connectivity index (χ1n) is 9.43. The van der Waals surface area contributed by atoms with Crippen molar-refractivity contribution in [2.45, 2.75) is 19.8 Å². The first kappa shape index (κ1) is 19.1. The molecule has 1 aliphatic heterocycles. The number of ether oxygens (including phenoxy) is 1. The highest BCUT2D eigenvalue weighted by Gasteiger charge is 2.24. The van der Waals surface area contributed by atoms with E-state index in [9.17, 15) is 14.9 Å². The average Bonchev–Trinajstić information content (AvgIpc) is 3.37. The average molecular weight is 412 g/mol. The van der Waals surface area contributed by atoms with Gasteiger partial charge in [-0.2, -0.15) is 0 Å². The number of thiazole rings is 1. The molecule has 0 radical (unpaired) electrons. The van der Waals surface area contributed by atoms with E-state index in [2.05, 4.69) is 10.3 Å². The van der Waals surface area contributed by atoms with E-state index in [4.69, 9.17) is 4.74 Å². The molecule has 2 heterocycles. The van der Waals surface area contributed by atoms with Gasteiger partial charge < -0.3 is 9.64 Å². The minimum Gasteiger partial charge on any atom is -0.494 e. The van der Waals surface area contributed by atoms with E-state index in [1.165, 1.54) is 17.4 Å². The quantitative estimate of drug-likeness (QED) is 0.474. The standard InChI is InChI=1S/C20H20N4O4S/c1-2-28-14-6-7-15-18(12-14)29-20(21-15)22-19(25)13-5-8-16(17(11-13)24(26)27)23-9-3-4-10-23/h5-8,11-12H,2-4,9-10H2,1H3,(H,21,22,25). The van der Waals surface area contributed by atoms with Crippen LogP contribution in [0.2, 0.25) is 0 Å². The van der Waals surface area contributed by atoms with Crippen molar-refractivity contribution >= 4 is 44.0 Å². The number of fused-ring (bicyclic) bond motifs is 1. The summed E-state index contributed by atoms with van der Waals surface area (Å²) in [6.45, 7) is 4.07. The van der Waals surface area contributed by atoms with Crippen LogP contribution in [-0.4, -0.2) is 35.5 Å². The van der Waals surface area contributed by atoms with Gasteiger partial charge in [0.05, 0.1) is 21.7 Å². The van der Waals surface area contributed by atoms with Crippen LogP contribution in [0, 0.1) is 10.1 Å². The van der Waals surface area contributed by atoms with Gasteiger partial charge in [-0.25, -0.2) is 4.98 Å². The SMILES string of the molecule is CCOc1ccc2nc(NC(=O)c3ccc(N4CCCC4)c([N+](=O)[O-])c3)sc2c1. The van der Waals surface area contributed by atoms with Gasteiger partial charge in [0, 0.05) is 24.7 Å². The van der Waals surface area contributed by atoms with Crippen molar-refractivity contribution in [3.8, 4) is 5.75 Å². The topological polar surface area (TPSA) is 97.6 Å². The van der Waals surface area contributed by atoms with Gasteiger partial charge in [0.1, 0.15) is 11.4 Å². The Labute approximate surface area is 171 Å². The van der Waals surface area contributed by atoms with Gasteiger partial charge in [-0.05, 0) is 50.1 Å². The van der Waals surface area contributed by atoms with E-state index < -0.39 is 10.8 Å². The van der Waals surface area contributed by atoms with Crippen LogP contribution in [0.5, 0.6) is 5.75 Å². The number of hydrogen-bond donors (Lipinski definition) is 1. The Morgan fingerprint density at radius 1 is 1.28 bits per heavy atom. The van der Waals surface area contributed by atoms with Crippen LogP contribution in [0.3, 0.4) is 0 Å². The second-order valence-electron chi connectivity index (χ2n) is 6.69. The molecule has 0 bridgehead atoms. The van der Waals surface area contributed by atoms with Crippen molar-refractivity contribution in [3.63, 3.8) is 0 Å². The first-order valence-corrected chi connectivity index (χ1v) is 10.2. The van der Waals surface area contributed by atoms with E-state index in [0.717, 1.165) is 41.9 Å². The highest BCUT2D eigenvalue weighted by Crippen LogP contribution is 2.33. The maximum Gasteiger partial charge on any atom is 0.293 e. The molecule has 4 rings (SSSR count). The first-order chi connectivity index (χ1) is 14.0. The number of carbonyl (C=O) groups excluding carboxylic acids is 1. The lowest BCUT2D eigenvalue weighted by Gasteiger charge is -2.17. The smallest absolute Gasteiger partial charge is 0.293 e. The molecule has 1 aromatic heterocycles. The van der Waals surface area contributed by atoms with Gasteiger partial charge in [0.15, 0.2) is 5.13 Å². The number of nitro groups is 1. The van der Waals surface area contributed by atoms with E-state index in [0.29, 0.717) is 17.4 Å². The van der Waals surface area contributed by atoms with Crippen molar-refractivity contribution in [2.24, 2.45) is 0 Å². The predicted octanol–water partition coefficient (Wildman–Crippen LogP) is 4.46. The summed E-state index contributed by atoms with van der Waals surface area (Å²) in [5.41, 5.74) is 1.50. The summed E-state index contributed by atoms with van der Waals surface area (Å²) in [4.78, 5) is 30.2. The zero-order valence-electron chi connectivity index (χ0n) is 15.9. The number of benzene rings is 2. The molecule has 1 amide bonds. The Kier molecular flexibility index (Phi) is 5.30. The van der Waals surface area contributed by atoms with Crippen molar-refractivity contribution < 1.29 is 14.5 Å². The molecule has 1 N–H and O–H groups in total. The third kappa shape index (κ3) is 4.00. The van der Waals surface area contributed by atoms with Crippen LogP contribution in [0.25, 0.3) is 10.2 Å². The Hall–Kier alpha value is -3.20. The molecule has 1 fully saturated rings. The fraction of sp³-hybridized carbons (Fsp3) is 0.300. The van der Waals surface area contributed by atoms with E-state index >= 15 is 0 Å². The van der Waals surface area contributed by atoms with Crippen LogP contribution >= 0.6 is 11.3 Å². The van der Waals surface area contributed by atoms with Gasteiger partial charge in [0.2, 0.25) is 0 Å². The number of anilines is 2. The number of aromatic nitrogens is 1. The summed E-state index contributed by atoms with van der Waals surface area (Å²) in [5.74, 6) is 0.319. The Morgan fingerprint density at radius 3 is 2.79 bits per heavy atom. The molecule has 1 saturated heterocycles.